The molecule has 2 rings (SSSR count). The minimum absolute atomic E-state index is 0.109. The van der Waals surface area contributed by atoms with Gasteiger partial charge in [-0.15, -0.1) is 0 Å². The summed E-state index contributed by atoms with van der Waals surface area (Å²) in [5, 5.41) is 12.1. The molecule has 0 saturated heterocycles. The fourth-order valence-electron chi connectivity index (χ4n) is 2.39. The Morgan fingerprint density at radius 2 is 2.03 bits per heavy atom. The molecule has 2 aromatic rings. The van der Waals surface area contributed by atoms with Crippen molar-refractivity contribution in [2.24, 2.45) is 0 Å². The molecule has 0 saturated carbocycles. The van der Waals surface area contributed by atoms with E-state index < -0.39 is 11.9 Å². The summed E-state index contributed by atoms with van der Waals surface area (Å²) >= 11 is 3.33. The van der Waals surface area contributed by atoms with Gasteiger partial charge in [0.05, 0.1) is 18.2 Å². The van der Waals surface area contributed by atoms with Crippen LogP contribution in [0.4, 0.5) is 5.69 Å². The first kappa shape index (κ1) is 22.0. The Hall–Kier alpha value is -3.31. The Balaban J connectivity index is 2.34. The summed E-state index contributed by atoms with van der Waals surface area (Å²) < 4.78 is 16.3. The minimum Gasteiger partial charge on any atom is -0.497 e. The fourth-order valence-corrected chi connectivity index (χ4v) is 2.93. The quantitative estimate of drug-likeness (QED) is 0.287. The summed E-state index contributed by atoms with van der Waals surface area (Å²) in [5.41, 5.74) is 0.910. The van der Waals surface area contributed by atoms with Crippen LogP contribution in [-0.2, 0) is 9.59 Å². The molecule has 0 aliphatic heterocycles. The maximum absolute atomic E-state index is 12.5. The maximum Gasteiger partial charge on any atom is 0.308 e. The number of ether oxygens (including phenoxy) is 3. The van der Waals surface area contributed by atoms with E-state index in [1.54, 1.807) is 43.3 Å². The predicted octanol–water partition coefficient (Wildman–Crippen LogP) is 4.33. The van der Waals surface area contributed by atoms with E-state index in [0.717, 1.165) is 0 Å². The lowest BCUT2D eigenvalue weighted by atomic mass is 10.1. The standard InChI is InChI=1S/C21H19BrN2O5/c1-4-28-19-10-14(9-18(22)20(19)29-13(2)25)8-15(12-23)21(26)24-16-6-5-7-17(11-16)27-3/h5-11H,4H2,1-3H3,(H,24,26)/b15-8+. The largest absolute Gasteiger partial charge is 0.497 e. The molecular weight excluding hydrogens is 440 g/mol. The van der Waals surface area contributed by atoms with Gasteiger partial charge in [-0.1, -0.05) is 6.07 Å². The van der Waals surface area contributed by atoms with Gasteiger partial charge in [-0.25, -0.2) is 0 Å². The van der Waals surface area contributed by atoms with E-state index in [-0.39, 0.29) is 11.3 Å². The smallest absolute Gasteiger partial charge is 0.308 e. The minimum atomic E-state index is -0.570. The van der Waals surface area contributed by atoms with Crippen LogP contribution in [0.5, 0.6) is 17.2 Å². The normalized spacial score (nSPS) is 10.7. The summed E-state index contributed by atoms with van der Waals surface area (Å²) in [6.45, 7) is 3.41. The van der Waals surface area contributed by atoms with Crippen molar-refractivity contribution in [1.29, 1.82) is 5.26 Å². The molecule has 0 unspecified atom stereocenters. The molecule has 2 aromatic carbocycles. The lowest BCUT2D eigenvalue weighted by Gasteiger charge is -2.13. The van der Waals surface area contributed by atoms with Gasteiger partial charge < -0.3 is 19.5 Å². The summed E-state index contributed by atoms with van der Waals surface area (Å²) in [7, 11) is 1.52. The van der Waals surface area contributed by atoms with Crippen molar-refractivity contribution < 1.29 is 23.8 Å². The van der Waals surface area contributed by atoms with E-state index in [0.29, 0.717) is 33.8 Å². The van der Waals surface area contributed by atoms with Crippen LogP contribution in [0.1, 0.15) is 19.4 Å². The first-order chi connectivity index (χ1) is 13.9. The van der Waals surface area contributed by atoms with Crippen LogP contribution in [-0.4, -0.2) is 25.6 Å². The van der Waals surface area contributed by atoms with Gasteiger partial charge in [0, 0.05) is 18.7 Å². The molecule has 150 valence electrons. The van der Waals surface area contributed by atoms with Crippen molar-refractivity contribution in [1.82, 2.24) is 0 Å². The van der Waals surface area contributed by atoms with Gasteiger partial charge in [-0.2, -0.15) is 5.26 Å². The number of hydrogen-bond donors (Lipinski definition) is 1. The summed E-state index contributed by atoms with van der Waals surface area (Å²) in [4.78, 5) is 23.8. The molecule has 8 heteroatoms. The van der Waals surface area contributed by atoms with E-state index in [9.17, 15) is 14.9 Å². The third-order valence-corrected chi connectivity index (χ3v) is 4.17. The lowest BCUT2D eigenvalue weighted by molar-refractivity contribution is -0.132. The van der Waals surface area contributed by atoms with Crippen LogP contribution in [0.25, 0.3) is 6.08 Å². The predicted molar refractivity (Wildman–Crippen MR) is 112 cm³/mol. The Morgan fingerprint density at radius 3 is 2.66 bits per heavy atom. The lowest BCUT2D eigenvalue weighted by Crippen LogP contribution is -2.13. The molecule has 0 aliphatic carbocycles. The monoisotopic (exact) mass is 458 g/mol. The highest BCUT2D eigenvalue weighted by Crippen LogP contribution is 2.37. The summed E-state index contributed by atoms with van der Waals surface area (Å²) in [6, 6.07) is 11.9. The second-order valence-electron chi connectivity index (χ2n) is 5.71. The summed E-state index contributed by atoms with van der Waals surface area (Å²) in [6.07, 6.45) is 1.42. The second kappa shape index (κ2) is 10.3. The molecule has 0 atom stereocenters. The van der Waals surface area contributed by atoms with Crippen LogP contribution in [0.2, 0.25) is 0 Å². The second-order valence-corrected chi connectivity index (χ2v) is 6.57. The van der Waals surface area contributed by atoms with Gasteiger partial charge in [-0.3, -0.25) is 9.59 Å². The maximum atomic E-state index is 12.5. The third-order valence-electron chi connectivity index (χ3n) is 3.58. The zero-order valence-corrected chi connectivity index (χ0v) is 17.7. The molecule has 1 N–H and O–H groups in total. The first-order valence-electron chi connectivity index (χ1n) is 8.59. The van der Waals surface area contributed by atoms with Crippen LogP contribution >= 0.6 is 15.9 Å². The number of carbonyl (C=O) groups is 2. The van der Waals surface area contributed by atoms with Crippen LogP contribution in [0, 0.1) is 11.3 Å². The average Bonchev–Trinajstić information content (AvgIpc) is 2.68. The number of nitriles is 1. The molecule has 1 amide bonds. The Bertz CT molecular complexity index is 995. The van der Waals surface area contributed by atoms with Crippen molar-refractivity contribution in [2.75, 3.05) is 19.0 Å². The van der Waals surface area contributed by atoms with E-state index in [4.69, 9.17) is 14.2 Å². The average molecular weight is 459 g/mol. The number of carbonyl (C=O) groups excluding carboxylic acids is 2. The van der Waals surface area contributed by atoms with Gasteiger partial charge in [0.2, 0.25) is 0 Å². The Kier molecular flexibility index (Phi) is 7.80. The number of hydrogen-bond acceptors (Lipinski definition) is 6. The highest BCUT2D eigenvalue weighted by atomic mass is 79.9. The molecule has 0 bridgehead atoms. The van der Waals surface area contributed by atoms with Crippen molar-refractivity contribution >= 4 is 39.6 Å². The van der Waals surface area contributed by atoms with Crippen LogP contribution < -0.4 is 19.5 Å². The van der Waals surface area contributed by atoms with Gasteiger partial charge in [0.1, 0.15) is 17.4 Å². The molecule has 0 aliphatic rings. The number of methoxy groups -OCH3 is 1. The van der Waals surface area contributed by atoms with Crippen molar-refractivity contribution in [3.8, 4) is 23.3 Å². The number of amides is 1. The van der Waals surface area contributed by atoms with Gasteiger partial charge >= 0.3 is 5.97 Å². The summed E-state index contributed by atoms with van der Waals surface area (Å²) in [5.74, 6) is 0.0607. The van der Waals surface area contributed by atoms with Crippen LogP contribution in [0.15, 0.2) is 46.4 Å². The van der Waals surface area contributed by atoms with Gasteiger partial charge in [0.25, 0.3) is 5.91 Å². The van der Waals surface area contributed by atoms with Gasteiger partial charge in [0.15, 0.2) is 11.5 Å². The molecule has 0 radical (unpaired) electrons. The van der Waals surface area contributed by atoms with E-state index in [2.05, 4.69) is 21.2 Å². The number of nitrogens with one attached hydrogen (secondary N) is 1. The van der Waals surface area contributed by atoms with Crippen molar-refractivity contribution in [3.63, 3.8) is 0 Å². The van der Waals surface area contributed by atoms with Crippen molar-refractivity contribution in [3.05, 3.63) is 52.0 Å². The number of halogens is 1. The Labute approximate surface area is 177 Å². The zero-order valence-electron chi connectivity index (χ0n) is 16.1. The highest BCUT2D eigenvalue weighted by Gasteiger charge is 2.16. The number of nitrogens with zero attached hydrogens (tertiary/aromatic N) is 1. The molecule has 29 heavy (non-hydrogen) atoms. The number of esters is 1. The number of anilines is 1. The van der Waals surface area contributed by atoms with E-state index in [1.165, 1.54) is 20.1 Å². The first-order valence-corrected chi connectivity index (χ1v) is 9.39. The molecule has 0 spiro atoms. The van der Waals surface area contributed by atoms with E-state index in [1.807, 2.05) is 6.07 Å². The molecular formula is C21H19BrN2O5. The van der Waals surface area contributed by atoms with Crippen molar-refractivity contribution in [2.45, 2.75) is 13.8 Å². The topological polar surface area (TPSA) is 97.7 Å². The van der Waals surface area contributed by atoms with E-state index >= 15 is 0 Å². The molecule has 0 fully saturated rings. The number of rotatable bonds is 7. The zero-order chi connectivity index (χ0) is 21.4. The molecule has 0 aromatic heterocycles. The van der Waals surface area contributed by atoms with Crippen LogP contribution in [0.3, 0.4) is 0 Å². The number of benzene rings is 2. The van der Waals surface area contributed by atoms with Gasteiger partial charge in [-0.05, 0) is 58.8 Å². The Morgan fingerprint density at radius 1 is 1.28 bits per heavy atom. The SMILES string of the molecule is CCOc1cc(/C=C(\C#N)C(=O)Nc2cccc(OC)c2)cc(Br)c1OC(C)=O. The fraction of sp³-hybridized carbons (Fsp3) is 0.190. The molecule has 7 nitrogen and oxygen atoms in total. The highest BCUT2D eigenvalue weighted by molar-refractivity contribution is 9.10. The third kappa shape index (κ3) is 6.09. The molecule has 0 heterocycles.